The van der Waals surface area contributed by atoms with E-state index >= 15 is 0 Å². The molecule has 0 amide bonds. The molecule has 2 aromatic rings. The Morgan fingerprint density at radius 1 is 1.00 bits per heavy atom. The molecular weight excluding hydrogens is 347 g/mol. The van der Waals surface area contributed by atoms with E-state index in [1.807, 2.05) is 0 Å². The van der Waals surface area contributed by atoms with Crippen molar-refractivity contribution in [3.63, 3.8) is 0 Å². The van der Waals surface area contributed by atoms with Crippen molar-refractivity contribution in [3.8, 4) is 17.2 Å². The van der Waals surface area contributed by atoms with Crippen LogP contribution in [0.1, 0.15) is 6.92 Å². The van der Waals surface area contributed by atoms with E-state index in [0.29, 0.717) is 22.3 Å². The van der Waals surface area contributed by atoms with Gasteiger partial charge in [-0.25, -0.2) is 8.42 Å². The fourth-order valence-corrected chi connectivity index (χ4v) is 3.13. The molecule has 0 aliphatic heterocycles. The highest BCUT2D eigenvalue weighted by Gasteiger charge is 2.15. The SMILES string of the molecule is CCS(=O)(=O)c1ccc(Oc2cc(Cl)ccc2OC)c(Cl)c1. The van der Waals surface area contributed by atoms with Gasteiger partial charge in [-0.1, -0.05) is 30.1 Å². The lowest BCUT2D eigenvalue weighted by molar-refractivity contribution is 0.379. The van der Waals surface area contributed by atoms with E-state index in [1.165, 1.54) is 25.3 Å². The molecule has 2 rings (SSSR count). The van der Waals surface area contributed by atoms with Crippen molar-refractivity contribution in [3.05, 3.63) is 46.4 Å². The van der Waals surface area contributed by atoms with Crippen LogP contribution in [0.2, 0.25) is 10.0 Å². The maximum atomic E-state index is 11.8. The van der Waals surface area contributed by atoms with Gasteiger partial charge in [0.15, 0.2) is 21.3 Å². The third-order valence-corrected chi connectivity index (χ3v) is 5.25. The third-order valence-electron chi connectivity index (χ3n) is 2.99. The molecule has 0 atom stereocenters. The largest absolute Gasteiger partial charge is 0.493 e. The highest BCUT2D eigenvalue weighted by Crippen LogP contribution is 2.37. The first kappa shape index (κ1) is 16.9. The Bertz CT molecular complexity index is 788. The predicted molar refractivity (Wildman–Crippen MR) is 87.3 cm³/mol. The zero-order valence-corrected chi connectivity index (χ0v) is 14.3. The lowest BCUT2D eigenvalue weighted by atomic mass is 10.3. The van der Waals surface area contributed by atoms with Gasteiger partial charge in [0.25, 0.3) is 0 Å². The second-order valence-electron chi connectivity index (χ2n) is 4.39. The Morgan fingerprint density at radius 2 is 1.68 bits per heavy atom. The number of sulfone groups is 1. The van der Waals surface area contributed by atoms with Crippen molar-refractivity contribution < 1.29 is 17.9 Å². The third kappa shape index (κ3) is 3.66. The van der Waals surface area contributed by atoms with Crippen molar-refractivity contribution in [2.45, 2.75) is 11.8 Å². The molecule has 7 heteroatoms. The maximum Gasteiger partial charge on any atom is 0.178 e. The number of ether oxygens (including phenoxy) is 2. The summed E-state index contributed by atoms with van der Waals surface area (Å²) in [6, 6.07) is 9.26. The van der Waals surface area contributed by atoms with E-state index < -0.39 is 9.84 Å². The molecule has 0 aliphatic carbocycles. The van der Waals surface area contributed by atoms with Gasteiger partial charge in [-0.2, -0.15) is 0 Å². The number of halogens is 2. The Hall–Kier alpha value is -1.43. The first-order chi connectivity index (χ1) is 10.4. The maximum absolute atomic E-state index is 11.8. The topological polar surface area (TPSA) is 52.6 Å². The van der Waals surface area contributed by atoms with Gasteiger partial charge in [0, 0.05) is 11.1 Å². The first-order valence-corrected chi connectivity index (χ1v) is 8.82. The summed E-state index contributed by atoms with van der Waals surface area (Å²) in [5.74, 6) is 1.21. The normalized spacial score (nSPS) is 11.3. The van der Waals surface area contributed by atoms with Crippen molar-refractivity contribution >= 4 is 33.0 Å². The quantitative estimate of drug-likeness (QED) is 0.782. The molecule has 0 spiro atoms. The minimum absolute atomic E-state index is 0.00560. The van der Waals surface area contributed by atoms with E-state index in [1.54, 1.807) is 25.1 Å². The summed E-state index contributed by atoms with van der Waals surface area (Å²) < 4.78 is 34.5. The van der Waals surface area contributed by atoms with Crippen molar-refractivity contribution in [1.82, 2.24) is 0 Å². The van der Waals surface area contributed by atoms with Crippen LogP contribution in [0, 0.1) is 0 Å². The van der Waals surface area contributed by atoms with Gasteiger partial charge in [0.2, 0.25) is 0 Å². The molecular formula is C15H14Cl2O4S. The van der Waals surface area contributed by atoms with Crippen LogP contribution < -0.4 is 9.47 Å². The number of rotatable bonds is 5. The molecule has 0 heterocycles. The second-order valence-corrected chi connectivity index (χ2v) is 7.51. The van der Waals surface area contributed by atoms with Gasteiger partial charge < -0.3 is 9.47 Å². The van der Waals surface area contributed by atoms with Crippen LogP contribution >= 0.6 is 23.2 Å². The molecule has 0 aliphatic rings. The van der Waals surface area contributed by atoms with Gasteiger partial charge >= 0.3 is 0 Å². The summed E-state index contributed by atoms with van der Waals surface area (Å²) in [7, 11) is -1.81. The highest BCUT2D eigenvalue weighted by atomic mass is 35.5. The van der Waals surface area contributed by atoms with Crippen LogP contribution in [0.4, 0.5) is 0 Å². The van der Waals surface area contributed by atoms with Crippen LogP contribution in [0.5, 0.6) is 17.2 Å². The molecule has 22 heavy (non-hydrogen) atoms. The van der Waals surface area contributed by atoms with Crippen molar-refractivity contribution in [1.29, 1.82) is 0 Å². The predicted octanol–water partition coefficient (Wildman–Crippen LogP) is 4.59. The first-order valence-electron chi connectivity index (χ1n) is 6.41. The van der Waals surface area contributed by atoms with E-state index in [0.717, 1.165) is 0 Å². The second kappa shape index (κ2) is 6.77. The molecule has 0 aromatic heterocycles. The van der Waals surface area contributed by atoms with Crippen LogP contribution in [-0.4, -0.2) is 21.3 Å². The lowest BCUT2D eigenvalue weighted by Gasteiger charge is -2.12. The van der Waals surface area contributed by atoms with Gasteiger partial charge in [0.1, 0.15) is 5.75 Å². The molecule has 118 valence electrons. The Balaban J connectivity index is 2.38. The number of methoxy groups -OCH3 is 1. The molecule has 0 saturated heterocycles. The van der Waals surface area contributed by atoms with E-state index in [4.69, 9.17) is 32.7 Å². The molecule has 0 unspecified atom stereocenters. The van der Waals surface area contributed by atoms with Crippen LogP contribution in [-0.2, 0) is 9.84 Å². The van der Waals surface area contributed by atoms with E-state index in [-0.39, 0.29) is 15.7 Å². The molecule has 0 saturated carbocycles. The lowest BCUT2D eigenvalue weighted by Crippen LogP contribution is -2.03. The standard InChI is InChI=1S/C15H14Cl2O4S/c1-3-22(18,19)11-5-7-13(12(17)9-11)21-15-8-10(16)4-6-14(15)20-2/h4-9H,3H2,1-2H3. The van der Waals surface area contributed by atoms with E-state index in [2.05, 4.69) is 0 Å². The van der Waals surface area contributed by atoms with Gasteiger partial charge in [0.05, 0.1) is 22.8 Å². The molecule has 0 bridgehead atoms. The summed E-state index contributed by atoms with van der Waals surface area (Å²) in [4.78, 5) is 0.158. The summed E-state index contributed by atoms with van der Waals surface area (Å²) in [5.41, 5.74) is 0. The van der Waals surface area contributed by atoms with Crippen LogP contribution in [0.25, 0.3) is 0 Å². The van der Waals surface area contributed by atoms with Gasteiger partial charge in [-0.05, 0) is 30.3 Å². The average Bonchev–Trinajstić information content (AvgIpc) is 2.49. The Kier molecular flexibility index (Phi) is 5.21. The number of hydrogen-bond acceptors (Lipinski definition) is 4. The number of hydrogen-bond donors (Lipinski definition) is 0. The average molecular weight is 361 g/mol. The zero-order chi connectivity index (χ0) is 16.3. The van der Waals surface area contributed by atoms with Crippen LogP contribution in [0.15, 0.2) is 41.3 Å². The summed E-state index contributed by atoms with van der Waals surface area (Å²) in [6.07, 6.45) is 0. The van der Waals surface area contributed by atoms with Crippen LogP contribution in [0.3, 0.4) is 0 Å². The monoisotopic (exact) mass is 360 g/mol. The minimum atomic E-state index is -3.32. The molecule has 4 nitrogen and oxygen atoms in total. The van der Waals surface area contributed by atoms with Gasteiger partial charge in [-0.15, -0.1) is 0 Å². The summed E-state index contributed by atoms with van der Waals surface area (Å²) >= 11 is 12.1. The molecule has 0 fully saturated rings. The molecule has 0 radical (unpaired) electrons. The van der Waals surface area contributed by atoms with Crippen molar-refractivity contribution in [2.24, 2.45) is 0 Å². The number of benzene rings is 2. The Labute approximate surface area is 139 Å². The van der Waals surface area contributed by atoms with Crippen molar-refractivity contribution in [2.75, 3.05) is 12.9 Å². The molecule has 0 N–H and O–H groups in total. The molecule has 2 aromatic carbocycles. The summed E-state index contributed by atoms with van der Waals surface area (Å²) in [6.45, 7) is 1.57. The fourth-order valence-electron chi connectivity index (χ4n) is 1.77. The van der Waals surface area contributed by atoms with E-state index in [9.17, 15) is 8.42 Å². The summed E-state index contributed by atoms with van der Waals surface area (Å²) in [5, 5.41) is 0.675. The Morgan fingerprint density at radius 3 is 2.27 bits per heavy atom. The smallest absolute Gasteiger partial charge is 0.178 e. The van der Waals surface area contributed by atoms with Gasteiger partial charge in [-0.3, -0.25) is 0 Å². The zero-order valence-electron chi connectivity index (χ0n) is 12.0. The minimum Gasteiger partial charge on any atom is -0.493 e. The fraction of sp³-hybridized carbons (Fsp3) is 0.200. The highest BCUT2D eigenvalue weighted by molar-refractivity contribution is 7.91.